The Morgan fingerprint density at radius 1 is 1.15 bits per heavy atom. The molecule has 4 heteroatoms. The van der Waals surface area contributed by atoms with E-state index >= 15 is 0 Å². The largest absolute Gasteiger partial charge is 0.326 e. The summed E-state index contributed by atoms with van der Waals surface area (Å²) in [6.45, 7) is 0. The zero-order valence-electron chi connectivity index (χ0n) is 11.0. The van der Waals surface area contributed by atoms with E-state index in [9.17, 15) is 4.79 Å². The van der Waals surface area contributed by atoms with E-state index in [1.807, 2.05) is 54.7 Å². The minimum atomic E-state index is 0.0257. The maximum atomic E-state index is 11.9. The van der Waals surface area contributed by atoms with Gasteiger partial charge in [0.05, 0.1) is 5.52 Å². The van der Waals surface area contributed by atoms with Gasteiger partial charge in [-0.1, -0.05) is 30.3 Å². The normalized spacial score (nSPS) is 10.6. The zero-order chi connectivity index (χ0) is 13.8. The smallest absolute Gasteiger partial charge is 0.224 e. The monoisotopic (exact) mass is 265 g/mol. The number of hydrogen-bond donors (Lipinski definition) is 1. The summed E-state index contributed by atoms with van der Waals surface area (Å²) >= 11 is 0. The number of aromatic nitrogens is 2. The molecular weight excluding hydrogens is 250 g/mol. The lowest BCUT2D eigenvalue weighted by molar-refractivity contribution is -0.116. The average Bonchev–Trinajstić information content (AvgIpc) is 2.94. The first kappa shape index (κ1) is 12.4. The van der Waals surface area contributed by atoms with Crippen LogP contribution in [0, 0.1) is 0 Å². The van der Waals surface area contributed by atoms with Crippen molar-refractivity contribution in [1.82, 2.24) is 9.61 Å². The Bertz CT molecular complexity index is 719. The van der Waals surface area contributed by atoms with Gasteiger partial charge in [0.2, 0.25) is 5.91 Å². The molecule has 0 aliphatic carbocycles. The van der Waals surface area contributed by atoms with Crippen molar-refractivity contribution in [2.24, 2.45) is 0 Å². The molecule has 0 spiro atoms. The van der Waals surface area contributed by atoms with Crippen molar-refractivity contribution in [3.8, 4) is 0 Å². The van der Waals surface area contributed by atoms with Crippen molar-refractivity contribution < 1.29 is 4.79 Å². The lowest BCUT2D eigenvalue weighted by atomic mass is 10.1. The molecule has 0 aliphatic rings. The quantitative estimate of drug-likeness (QED) is 0.788. The van der Waals surface area contributed by atoms with Gasteiger partial charge in [-0.05, 0) is 30.2 Å². The molecule has 0 atom stereocenters. The summed E-state index contributed by atoms with van der Waals surface area (Å²) in [5.41, 5.74) is 2.94. The van der Waals surface area contributed by atoms with Crippen molar-refractivity contribution in [3.05, 3.63) is 66.5 Å². The molecule has 0 bridgehead atoms. The Morgan fingerprint density at radius 2 is 2.00 bits per heavy atom. The van der Waals surface area contributed by atoms with E-state index < -0.39 is 0 Å². The lowest BCUT2D eigenvalue weighted by Crippen LogP contribution is -2.12. The van der Waals surface area contributed by atoms with Gasteiger partial charge in [0.25, 0.3) is 0 Å². The van der Waals surface area contributed by atoms with E-state index in [1.165, 1.54) is 5.56 Å². The maximum Gasteiger partial charge on any atom is 0.224 e. The van der Waals surface area contributed by atoms with Crippen LogP contribution in [0.5, 0.6) is 0 Å². The molecule has 20 heavy (non-hydrogen) atoms. The van der Waals surface area contributed by atoms with E-state index in [0.29, 0.717) is 6.42 Å². The molecule has 2 aromatic heterocycles. The summed E-state index contributed by atoms with van der Waals surface area (Å²) in [6.07, 6.45) is 4.80. The first-order valence-electron chi connectivity index (χ1n) is 6.58. The predicted octanol–water partition coefficient (Wildman–Crippen LogP) is 2.91. The number of benzene rings is 1. The van der Waals surface area contributed by atoms with Gasteiger partial charge in [0.1, 0.15) is 0 Å². The van der Waals surface area contributed by atoms with E-state index in [-0.39, 0.29) is 5.91 Å². The van der Waals surface area contributed by atoms with E-state index in [4.69, 9.17) is 0 Å². The Balaban J connectivity index is 1.61. The number of aryl methyl sites for hydroxylation is 1. The fraction of sp³-hybridized carbons (Fsp3) is 0.125. The number of carbonyl (C=O) groups is 1. The molecule has 0 saturated heterocycles. The second-order valence-corrected chi connectivity index (χ2v) is 4.65. The second-order valence-electron chi connectivity index (χ2n) is 4.65. The topological polar surface area (TPSA) is 46.4 Å². The lowest BCUT2D eigenvalue weighted by Gasteiger charge is -2.06. The molecule has 0 radical (unpaired) electrons. The number of anilines is 1. The van der Waals surface area contributed by atoms with Crippen LogP contribution in [0.25, 0.3) is 5.52 Å². The van der Waals surface area contributed by atoms with E-state index in [2.05, 4.69) is 10.4 Å². The summed E-state index contributed by atoms with van der Waals surface area (Å²) in [4.78, 5) is 11.9. The molecule has 100 valence electrons. The van der Waals surface area contributed by atoms with Gasteiger partial charge >= 0.3 is 0 Å². The van der Waals surface area contributed by atoms with Crippen molar-refractivity contribution in [3.63, 3.8) is 0 Å². The molecule has 0 unspecified atom stereocenters. The van der Waals surface area contributed by atoms with Gasteiger partial charge in [-0.3, -0.25) is 4.79 Å². The van der Waals surface area contributed by atoms with Gasteiger partial charge in [-0.25, -0.2) is 4.52 Å². The summed E-state index contributed by atoms with van der Waals surface area (Å²) in [7, 11) is 0. The van der Waals surface area contributed by atoms with Crippen LogP contribution in [0.3, 0.4) is 0 Å². The average molecular weight is 265 g/mol. The predicted molar refractivity (Wildman–Crippen MR) is 78.6 cm³/mol. The van der Waals surface area contributed by atoms with Crippen LogP contribution in [0.4, 0.5) is 5.69 Å². The van der Waals surface area contributed by atoms with Crippen LogP contribution in [0.2, 0.25) is 0 Å². The molecule has 1 aromatic carbocycles. The van der Waals surface area contributed by atoms with Crippen molar-refractivity contribution in [1.29, 1.82) is 0 Å². The highest BCUT2D eigenvalue weighted by Crippen LogP contribution is 2.12. The first-order chi connectivity index (χ1) is 9.81. The number of amides is 1. The standard InChI is InChI=1S/C16H15N3O/c20-16(7-6-13-4-2-1-3-5-13)18-14-9-11-19-15(12-14)8-10-17-19/h1-5,8-12H,6-7H2,(H,18,20). The second kappa shape index (κ2) is 5.57. The van der Waals surface area contributed by atoms with Gasteiger partial charge in [0, 0.05) is 24.5 Å². The molecule has 1 amide bonds. The molecule has 0 saturated carbocycles. The van der Waals surface area contributed by atoms with E-state index in [0.717, 1.165) is 17.6 Å². The molecule has 3 aromatic rings. The summed E-state index contributed by atoms with van der Waals surface area (Å²) in [5.74, 6) is 0.0257. The van der Waals surface area contributed by atoms with Crippen LogP contribution in [0.1, 0.15) is 12.0 Å². The zero-order valence-corrected chi connectivity index (χ0v) is 11.0. The van der Waals surface area contributed by atoms with Gasteiger partial charge in [-0.15, -0.1) is 0 Å². The van der Waals surface area contributed by atoms with Crippen LogP contribution in [-0.4, -0.2) is 15.5 Å². The highest BCUT2D eigenvalue weighted by Gasteiger charge is 2.04. The first-order valence-corrected chi connectivity index (χ1v) is 6.58. The fourth-order valence-electron chi connectivity index (χ4n) is 2.13. The number of nitrogens with zero attached hydrogens (tertiary/aromatic N) is 2. The minimum absolute atomic E-state index is 0.0257. The number of fused-ring (bicyclic) bond motifs is 1. The third-order valence-electron chi connectivity index (χ3n) is 3.17. The molecule has 0 aliphatic heterocycles. The molecule has 3 rings (SSSR count). The highest BCUT2D eigenvalue weighted by atomic mass is 16.1. The van der Waals surface area contributed by atoms with Crippen molar-refractivity contribution in [2.75, 3.05) is 5.32 Å². The Labute approximate surface area is 117 Å². The Morgan fingerprint density at radius 3 is 2.85 bits per heavy atom. The van der Waals surface area contributed by atoms with Crippen LogP contribution < -0.4 is 5.32 Å². The minimum Gasteiger partial charge on any atom is -0.326 e. The molecule has 4 nitrogen and oxygen atoms in total. The number of hydrogen-bond acceptors (Lipinski definition) is 2. The van der Waals surface area contributed by atoms with Crippen LogP contribution in [0.15, 0.2) is 60.9 Å². The van der Waals surface area contributed by atoms with Gasteiger partial charge in [0.15, 0.2) is 0 Å². The Hall–Kier alpha value is -2.62. The number of pyridine rings is 1. The van der Waals surface area contributed by atoms with Crippen LogP contribution >= 0.6 is 0 Å². The summed E-state index contributed by atoms with van der Waals surface area (Å²) in [6, 6.07) is 15.7. The summed E-state index contributed by atoms with van der Waals surface area (Å²) in [5, 5.41) is 7.03. The van der Waals surface area contributed by atoms with Crippen LogP contribution in [-0.2, 0) is 11.2 Å². The van der Waals surface area contributed by atoms with E-state index in [1.54, 1.807) is 10.7 Å². The number of rotatable bonds is 4. The molecule has 0 fully saturated rings. The third-order valence-corrected chi connectivity index (χ3v) is 3.17. The molecule has 1 N–H and O–H groups in total. The SMILES string of the molecule is O=C(CCc1ccccc1)Nc1ccn2nccc2c1. The van der Waals surface area contributed by atoms with Gasteiger partial charge < -0.3 is 5.32 Å². The maximum absolute atomic E-state index is 11.9. The fourth-order valence-corrected chi connectivity index (χ4v) is 2.13. The number of carbonyl (C=O) groups excluding carboxylic acids is 1. The van der Waals surface area contributed by atoms with Gasteiger partial charge in [-0.2, -0.15) is 5.10 Å². The number of nitrogens with one attached hydrogen (secondary N) is 1. The highest BCUT2D eigenvalue weighted by molar-refractivity contribution is 5.91. The Kier molecular flexibility index (Phi) is 3.46. The molecular formula is C16H15N3O. The molecule has 2 heterocycles. The van der Waals surface area contributed by atoms with Crippen molar-refractivity contribution in [2.45, 2.75) is 12.8 Å². The summed E-state index contributed by atoms with van der Waals surface area (Å²) < 4.78 is 1.76. The third kappa shape index (κ3) is 2.85. The van der Waals surface area contributed by atoms with Crippen molar-refractivity contribution >= 4 is 17.1 Å².